The standard InChI is InChI=1S/C19H20O/c1-4-5-9-17-12-14(2)15(3)13-18(17)19(20)16-10-7-6-8-11-16/h6-8,10-11H,4,12-13H2,1-3H3. The summed E-state index contributed by atoms with van der Waals surface area (Å²) < 4.78 is 0. The minimum absolute atomic E-state index is 0.123. The van der Waals surface area contributed by atoms with Gasteiger partial charge in [0.25, 0.3) is 0 Å². The molecule has 0 heterocycles. The van der Waals surface area contributed by atoms with Gasteiger partial charge in [-0.3, -0.25) is 4.79 Å². The summed E-state index contributed by atoms with van der Waals surface area (Å²) in [5, 5.41) is 0. The van der Waals surface area contributed by atoms with Gasteiger partial charge in [-0.25, -0.2) is 0 Å². The van der Waals surface area contributed by atoms with Crippen LogP contribution in [0.15, 0.2) is 52.6 Å². The van der Waals surface area contributed by atoms with E-state index in [0.717, 1.165) is 36.0 Å². The van der Waals surface area contributed by atoms with E-state index < -0.39 is 0 Å². The van der Waals surface area contributed by atoms with E-state index in [9.17, 15) is 4.79 Å². The Morgan fingerprint density at radius 3 is 2.40 bits per heavy atom. The van der Waals surface area contributed by atoms with Crippen molar-refractivity contribution < 1.29 is 4.79 Å². The van der Waals surface area contributed by atoms with Crippen LogP contribution < -0.4 is 0 Å². The maximum absolute atomic E-state index is 12.7. The molecule has 0 unspecified atom stereocenters. The first-order valence-electron chi connectivity index (χ1n) is 7.09. The van der Waals surface area contributed by atoms with E-state index in [2.05, 4.69) is 25.7 Å². The van der Waals surface area contributed by atoms with Gasteiger partial charge in [-0.05, 0) is 20.3 Å². The molecule has 0 fully saturated rings. The molecule has 0 amide bonds. The van der Waals surface area contributed by atoms with Gasteiger partial charge >= 0.3 is 0 Å². The van der Waals surface area contributed by atoms with Crippen LogP contribution in [0, 0.1) is 11.8 Å². The van der Waals surface area contributed by atoms with Crippen LogP contribution in [0.25, 0.3) is 0 Å². The third-order valence-electron chi connectivity index (χ3n) is 3.70. The van der Waals surface area contributed by atoms with E-state index in [1.165, 1.54) is 11.1 Å². The summed E-state index contributed by atoms with van der Waals surface area (Å²) in [6.07, 6.45) is 2.36. The molecule has 0 N–H and O–H groups in total. The second-order valence-electron chi connectivity index (χ2n) is 5.22. The summed E-state index contributed by atoms with van der Waals surface area (Å²) >= 11 is 0. The zero-order valence-corrected chi connectivity index (χ0v) is 12.4. The number of rotatable bonds is 2. The molecule has 1 aliphatic carbocycles. The Morgan fingerprint density at radius 2 is 1.75 bits per heavy atom. The van der Waals surface area contributed by atoms with Crippen molar-refractivity contribution in [3.8, 4) is 11.8 Å². The molecule has 1 aromatic carbocycles. The smallest absolute Gasteiger partial charge is 0.190 e. The van der Waals surface area contributed by atoms with Crippen LogP contribution in [0.4, 0.5) is 0 Å². The van der Waals surface area contributed by atoms with Crippen molar-refractivity contribution in [3.05, 3.63) is 58.2 Å². The van der Waals surface area contributed by atoms with Crippen molar-refractivity contribution >= 4 is 5.78 Å². The monoisotopic (exact) mass is 264 g/mol. The molecule has 0 aliphatic heterocycles. The average Bonchev–Trinajstić information content (AvgIpc) is 2.48. The van der Waals surface area contributed by atoms with Crippen LogP contribution in [-0.2, 0) is 0 Å². The van der Waals surface area contributed by atoms with Crippen molar-refractivity contribution in [1.29, 1.82) is 0 Å². The Hall–Kier alpha value is -2.07. The Morgan fingerprint density at radius 1 is 1.10 bits per heavy atom. The number of hydrogen-bond donors (Lipinski definition) is 0. The molecular weight excluding hydrogens is 244 g/mol. The fraction of sp³-hybridized carbons (Fsp3) is 0.316. The maximum Gasteiger partial charge on any atom is 0.190 e. The second kappa shape index (κ2) is 6.39. The lowest BCUT2D eigenvalue weighted by atomic mass is 9.84. The third-order valence-corrected chi connectivity index (χ3v) is 3.70. The zero-order chi connectivity index (χ0) is 14.5. The number of hydrogen-bond acceptors (Lipinski definition) is 1. The van der Waals surface area contributed by atoms with Gasteiger partial charge in [-0.1, -0.05) is 60.2 Å². The summed E-state index contributed by atoms with van der Waals surface area (Å²) in [4.78, 5) is 12.7. The third kappa shape index (κ3) is 3.08. The van der Waals surface area contributed by atoms with E-state index in [1.807, 2.05) is 37.3 Å². The molecule has 102 valence electrons. The van der Waals surface area contributed by atoms with Gasteiger partial charge in [-0.15, -0.1) is 0 Å². The predicted molar refractivity (Wildman–Crippen MR) is 83.5 cm³/mol. The van der Waals surface area contributed by atoms with Crippen LogP contribution in [0.2, 0.25) is 0 Å². The summed E-state index contributed by atoms with van der Waals surface area (Å²) in [7, 11) is 0. The van der Waals surface area contributed by atoms with Crippen LogP contribution in [-0.4, -0.2) is 5.78 Å². The van der Waals surface area contributed by atoms with Gasteiger partial charge in [0.15, 0.2) is 5.78 Å². The number of carbonyl (C=O) groups excluding carboxylic acids is 1. The maximum atomic E-state index is 12.7. The van der Waals surface area contributed by atoms with Crippen LogP contribution in [0.5, 0.6) is 0 Å². The van der Waals surface area contributed by atoms with Gasteiger partial charge in [0, 0.05) is 29.6 Å². The second-order valence-corrected chi connectivity index (χ2v) is 5.22. The summed E-state index contributed by atoms with van der Waals surface area (Å²) in [5.74, 6) is 6.43. The first-order valence-corrected chi connectivity index (χ1v) is 7.09. The van der Waals surface area contributed by atoms with Gasteiger partial charge in [0.1, 0.15) is 0 Å². The van der Waals surface area contributed by atoms with E-state index >= 15 is 0 Å². The van der Waals surface area contributed by atoms with E-state index in [4.69, 9.17) is 0 Å². The molecule has 20 heavy (non-hydrogen) atoms. The molecule has 0 radical (unpaired) electrons. The first kappa shape index (κ1) is 14.3. The largest absolute Gasteiger partial charge is 0.289 e. The van der Waals surface area contributed by atoms with E-state index in [-0.39, 0.29) is 5.78 Å². The van der Waals surface area contributed by atoms with Gasteiger partial charge < -0.3 is 0 Å². The summed E-state index contributed by atoms with van der Waals surface area (Å²) in [6.45, 7) is 6.27. The number of ketones is 1. The molecule has 1 heteroatoms. The van der Waals surface area contributed by atoms with Gasteiger partial charge in [0.05, 0.1) is 0 Å². The Labute approximate surface area is 121 Å². The molecule has 0 saturated carbocycles. The lowest BCUT2D eigenvalue weighted by Gasteiger charge is -2.19. The van der Waals surface area contributed by atoms with Gasteiger partial charge in [0.2, 0.25) is 0 Å². The molecule has 1 nitrogen and oxygen atoms in total. The van der Waals surface area contributed by atoms with E-state index in [0.29, 0.717) is 0 Å². The van der Waals surface area contributed by atoms with Crippen molar-refractivity contribution in [2.75, 3.05) is 0 Å². The highest BCUT2D eigenvalue weighted by Gasteiger charge is 2.21. The molecule has 2 rings (SSSR count). The SMILES string of the molecule is CCC#CC1=C(C(=O)c2ccccc2)CC(C)=C(C)C1. The minimum atomic E-state index is 0.123. The topological polar surface area (TPSA) is 17.1 Å². The first-order chi connectivity index (χ1) is 9.63. The highest BCUT2D eigenvalue weighted by atomic mass is 16.1. The van der Waals surface area contributed by atoms with Crippen molar-refractivity contribution in [2.45, 2.75) is 40.0 Å². The normalized spacial score (nSPS) is 14.9. The highest BCUT2D eigenvalue weighted by molar-refractivity contribution is 6.10. The molecular formula is C19H20O. The lowest BCUT2D eigenvalue weighted by Crippen LogP contribution is -2.11. The molecule has 0 saturated heterocycles. The fourth-order valence-electron chi connectivity index (χ4n) is 2.34. The number of carbonyl (C=O) groups is 1. The fourth-order valence-corrected chi connectivity index (χ4v) is 2.34. The molecule has 1 aromatic rings. The average molecular weight is 264 g/mol. The molecule has 0 aromatic heterocycles. The molecule has 0 spiro atoms. The van der Waals surface area contributed by atoms with Gasteiger partial charge in [-0.2, -0.15) is 0 Å². The summed E-state index contributed by atoms with van der Waals surface area (Å²) in [6, 6.07) is 9.49. The Balaban J connectivity index is 2.41. The Kier molecular flexibility index (Phi) is 4.58. The number of benzene rings is 1. The van der Waals surface area contributed by atoms with Crippen molar-refractivity contribution in [3.63, 3.8) is 0 Å². The Bertz CT molecular complexity index is 633. The number of Topliss-reactive ketones (excluding diaryl/α,β-unsaturated/α-hetero) is 1. The van der Waals surface area contributed by atoms with Crippen LogP contribution in [0.3, 0.4) is 0 Å². The van der Waals surface area contributed by atoms with Crippen molar-refractivity contribution in [2.24, 2.45) is 0 Å². The molecule has 0 atom stereocenters. The van der Waals surface area contributed by atoms with Crippen LogP contribution >= 0.6 is 0 Å². The highest BCUT2D eigenvalue weighted by Crippen LogP contribution is 2.31. The number of allylic oxidation sites excluding steroid dienone is 4. The molecule has 1 aliphatic rings. The summed E-state index contributed by atoms with van der Waals surface area (Å²) in [5.41, 5.74) is 5.27. The van der Waals surface area contributed by atoms with Crippen molar-refractivity contribution in [1.82, 2.24) is 0 Å². The molecule has 0 bridgehead atoms. The quantitative estimate of drug-likeness (QED) is 0.429. The minimum Gasteiger partial charge on any atom is -0.289 e. The zero-order valence-electron chi connectivity index (χ0n) is 12.4. The van der Waals surface area contributed by atoms with Crippen LogP contribution in [0.1, 0.15) is 50.4 Å². The van der Waals surface area contributed by atoms with E-state index in [1.54, 1.807) is 0 Å². The predicted octanol–water partition coefficient (Wildman–Crippen LogP) is 4.71. The lowest BCUT2D eigenvalue weighted by molar-refractivity contribution is 0.103.